The number of hydrogen-bond donors (Lipinski definition) is 1. The largest absolute Gasteiger partial charge is 0.394 e. The van der Waals surface area contributed by atoms with Gasteiger partial charge >= 0.3 is 0 Å². The molecule has 0 spiro atoms. The Bertz CT molecular complexity index is 834. The van der Waals surface area contributed by atoms with Gasteiger partial charge in [-0.05, 0) is 42.5 Å². The zero-order chi connectivity index (χ0) is 16.4. The molecule has 0 radical (unpaired) electrons. The van der Waals surface area contributed by atoms with Gasteiger partial charge < -0.3 is 5.11 Å². The molecule has 23 heavy (non-hydrogen) atoms. The second kappa shape index (κ2) is 6.44. The van der Waals surface area contributed by atoms with E-state index in [4.69, 9.17) is 11.6 Å². The normalized spacial score (nSPS) is 11.0. The van der Waals surface area contributed by atoms with Crippen molar-refractivity contribution < 1.29 is 13.9 Å². The van der Waals surface area contributed by atoms with Crippen molar-refractivity contribution >= 4 is 11.6 Å². The van der Waals surface area contributed by atoms with Gasteiger partial charge in [0.1, 0.15) is 11.6 Å². The molecule has 0 aliphatic rings. The summed E-state index contributed by atoms with van der Waals surface area (Å²) in [5, 5.41) is 13.7. The maximum absolute atomic E-state index is 13.2. The van der Waals surface area contributed by atoms with Crippen LogP contribution >= 0.6 is 11.6 Å². The highest BCUT2D eigenvalue weighted by Gasteiger charge is 2.16. The summed E-state index contributed by atoms with van der Waals surface area (Å²) >= 11 is 6.08. The molecule has 1 aromatic heterocycles. The van der Waals surface area contributed by atoms with Crippen molar-refractivity contribution in [1.82, 2.24) is 14.8 Å². The number of halogens is 3. The first-order chi connectivity index (χ1) is 11.1. The average molecular weight is 336 g/mol. The van der Waals surface area contributed by atoms with Crippen LogP contribution in [0.2, 0.25) is 5.02 Å². The Labute approximate surface area is 136 Å². The fourth-order valence-corrected chi connectivity index (χ4v) is 2.44. The lowest BCUT2D eigenvalue weighted by Crippen LogP contribution is -2.06. The second-order valence-corrected chi connectivity index (χ2v) is 5.24. The molecule has 118 valence electrons. The molecule has 0 saturated carbocycles. The lowest BCUT2D eigenvalue weighted by atomic mass is 10.2. The van der Waals surface area contributed by atoms with Gasteiger partial charge in [0.15, 0.2) is 11.6 Å². The van der Waals surface area contributed by atoms with Gasteiger partial charge in [0.25, 0.3) is 0 Å². The Morgan fingerprint density at radius 1 is 1.04 bits per heavy atom. The van der Waals surface area contributed by atoms with Gasteiger partial charge in [-0.15, -0.1) is 0 Å². The van der Waals surface area contributed by atoms with E-state index in [0.717, 1.165) is 0 Å². The number of benzene rings is 2. The summed E-state index contributed by atoms with van der Waals surface area (Å²) in [5.41, 5.74) is 1.13. The first-order valence-electron chi connectivity index (χ1n) is 6.85. The number of aliphatic hydroxyl groups excluding tert-OH is 1. The Kier molecular flexibility index (Phi) is 4.36. The van der Waals surface area contributed by atoms with Crippen molar-refractivity contribution in [3.63, 3.8) is 0 Å². The molecule has 1 N–H and O–H groups in total. The summed E-state index contributed by atoms with van der Waals surface area (Å²) in [6.45, 7) is 0.0647. The second-order valence-electron chi connectivity index (χ2n) is 4.84. The van der Waals surface area contributed by atoms with E-state index in [1.54, 1.807) is 12.1 Å². The van der Waals surface area contributed by atoms with Gasteiger partial charge in [0.2, 0.25) is 0 Å². The number of aliphatic hydroxyl groups is 1. The van der Waals surface area contributed by atoms with Crippen LogP contribution in [-0.4, -0.2) is 26.5 Å². The molecule has 0 atom stereocenters. The molecule has 3 aromatic rings. The lowest BCUT2D eigenvalue weighted by molar-refractivity contribution is 0.270. The van der Waals surface area contributed by atoms with Crippen molar-refractivity contribution in [2.45, 2.75) is 6.54 Å². The Hall–Kier alpha value is -2.31. The van der Waals surface area contributed by atoms with Gasteiger partial charge in [0, 0.05) is 11.1 Å². The SMILES string of the molecule is OCCn1nc(-c2ccc(F)cc2)nc1-c1ccc(F)cc1Cl. The van der Waals surface area contributed by atoms with Gasteiger partial charge in [-0.25, -0.2) is 18.4 Å². The molecule has 2 aromatic carbocycles. The Morgan fingerprint density at radius 2 is 1.74 bits per heavy atom. The summed E-state index contributed by atoms with van der Waals surface area (Å²) in [5.74, 6) is -0.0340. The molecule has 7 heteroatoms. The van der Waals surface area contributed by atoms with Crippen LogP contribution < -0.4 is 0 Å². The first-order valence-corrected chi connectivity index (χ1v) is 7.23. The highest BCUT2D eigenvalue weighted by Crippen LogP contribution is 2.29. The van der Waals surface area contributed by atoms with Crippen LogP contribution in [0.1, 0.15) is 0 Å². The van der Waals surface area contributed by atoms with Crippen LogP contribution in [0, 0.1) is 11.6 Å². The zero-order valence-electron chi connectivity index (χ0n) is 11.9. The van der Waals surface area contributed by atoms with Crippen LogP contribution in [0.4, 0.5) is 8.78 Å². The van der Waals surface area contributed by atoms with Crippen molar-refractivity contribution in [1.29, 1.82) is 0 Å². The number of aromatic nitrogens is 3. The monoisotopic (exact) mass is 335 g/mol. The molecule has 0 saturated heterocycles. The Balaban J connectivity index is 2.10. The van der Waals surface area contributed by atoms with E-state index < -0.39 is 5.82 Å². The van der Waals surface area contributed by atoms with Crippen LogP contribution in [-0.2, 0) is 6.54 Å². The van der Waals surface area contributed by atoms with E-state index in [0.29, 0.717) is 22.8 Å². The maximum atomic E-state index is 13.2. The summed E-state index contributed by atoms with van der Waals surface area (Å²) in [4.78, 5) is 4.40. The van der Waals surface area contributed by atoms with Gasteiger partial charge in [-0.1, -0.05) is 11.6 Å². The molecule has 1 heterocycles. The predicted octanol–water partition coefficient (Wildman–Crippen LogP) is 3.54. The van der Waals surface area contributed by atoms with Crippen LogP contribution in [0.15, 0.2) is 42.5 Å². The third-order valence-corrected chi connectivity index (χ3v) is 3.57. The highest BCUT2D eigenvalue weighted by atomic mass is 35.5. The molecule has 0 aliphatic carbocycles. The fraction of sp³-hybridized carbons (Fsp3) is 0.125. The smallest absolute Gasteiger partial charge is 0.181 e. The minimum atomic E-state index is -0.453. The molecule has 4 nitrogen and oxygen atoms in total. The molecule has 3 rings (SSSR count). The number of hydrogen-bond acceptors (Lipinski definition) is 3. The lowest BCUT2D eigenvalue weighted by Gasteiger charge is -2.05. The molecule has 0 bridgehead atoms. The topological polar surface area (TPSA) is 50.9 Å². The van der Waals surface area contributed by atoms with Gasteiger partial charge in [-0.2, -0.15) is 5.10 Å². The molecule has 0 aliphatic heterocycles. The zero-order valence-corrected chi connectivity index (χ0v) is 12.6. The highest BCUT2D eigenvalue weighted by molar-refractivity contribution is 6.33. The summed E-state index contributed by atoms with van der Waals surface area (Å²) in [6.07, 6.45) is 0. The molecular formula is C16H12ClF2N3O. The van der Waals surface area contributed by atoms with Crippen molar-refractivity contribution in [3.05, 3.63) is 59.1 Å². The fourth-order valence-electron chi connectivity index (χ4n) is 2.18. The number of nitrogens with zero attached hydrogens (tertiary/aromatic N) is 3. The van der Waals surface area contributed by atoms with E-state index >= 15 is 0 Å². The van der Waals surface area contributed by atoms with E-state index in [2.05, 4.69) is 10.1 Å². The van der Waals surface area contributed by atoms with E-state index in [-0.39, 0.29) is 24.0 Å². The van der Waals surface area contributed by atoms with E-state index in [9.17, 15) is 13.9 Å². The molecule has 0 amide bonds. The van der Waals surface area contributed by atoms with Crippen LogP contribution in [0.25, 0.3) is 22.8 Å². The maximum Gasteiger partial charge on any atom is 0.181 e. The average Bonchev–Trinajstić information content (AvgIpc) is 2.92. The van der Waals surface area contributed by atoms with E-state index in [1.165, 1.54) is 35.0 Å². The quantitative estimate of drug-likeness (QED) is 0.793. The van der Waals surface area contributed by atoms with Crippen molar-refractivity contribution in [2.75, 3.05) is 6.61 Å². The summed E-state index contributed by atoms with van der Waals surface area (Å²) in [6, 6.07) is 9.71. The molecule has 0 unspecified atom stereocenters. The molecular weight excluding hydrogens is 324 g/mol. The number of rotatable bonds is 4. The van der Waals surface area contributed by atoms with E-state index in [1.807, 2.05) is 0 Å². The third kappa shape index (κ3) is 3.23. The van der Waals surface area contributed by atoms with Gasteiger partial charge in [-0.3, -0.25) is 0 Å². The molecule has 0 fully saturated rings. The summed E-state index contributed by atoms with van der Waals surface area (Å²) < 4.78 is 27.7. The minimum Gasteiger partial charge on any atom is -0.394 e. The summed E-state index contributed by atoms with van der Waals surface area (Å²) in [7, 11) is 0. The first kappa shape index (κ1) is 15.6. The predicted molar refractivity (Wildman–Crippen MR) is 82.9 cm³/mol. The van der Waals surface area contributed by atoms with Crippen LogP contribution in [0.5, 0.6) is 0 Å². The van der Waals surface area contributed by atoms with Crippen molar-refractivity contribution in [3.8, 4) is 22.8 Å². The third-order valence-electron chi connectivity index (χ3n) is 3.26. The standard InChI is InChI=1S/C16H12ClF2N3O/c17-14-9-12(19)5-6-13(14)16-20-15(21-22(16)7-8-23)10-1-3-11(18)4-2-10/h1-6,9,23H,7-8H2. The Morgan fingerprint density at radius 3 is 2.39 bits per heavy atom. The van der Waals surface area contributed by atoms with Crippen molar-refractivity contribution in [2.24, 2.45) is 0 Å². The van der Waals surface area contributed by atoms with Gasteiger partial charge in [0.05, 0.1) is 18.2 Å². The van der Waals surface area contributed by atoms with Crippen LogP contribution in [0.3, 0.4) is 0 Å². The minimum absolute atomic E-state index is 0.141.